The van der Waals surface area contributed by atoms with Crippen molar-refractivity contribution in [2.45, 2.75) is 0 Å². The Morgan fingerprint density at radius 3 is 0.364 bits per heavy atom. The largest absolute Gasteiger partial charge is 1.00 e. The molecule has 0 spiro atoms. The van der Waals surface area contributed by atoms with Gasteiger partial charge in [-0.05, 0) is 0 Å². The topological polar surface area (TPSA) is 230 Å². The van der Waals surface area contributed by atoms with Crippen LogP contribution in [0.5, 0.6) is 0 Å². The predicted octanol–water partition coefficient (Wildman–Crippen LogP) is -23.8. The Bertz CT molecular complexity index is 193. The maximum Gasteiger partial charge on any atom is 1.00 e. The van der Waals surface area contributed by atoms with E-state index in [0.717, 1.165) is 0 Å². The molecule has 108 valence electrons. The Labute approximate surface area is 273 Å². The van der Waals surface area contributed by atoms with Gasteiger partial charge >= 0.3 is 214 Å². The van der Waals surface area contributed by atoms with E-state index in [2.05, 4.69) is 0 Å². The fourth-order valence-electron chi connectivity index (χ4n) is 0. The fourth-order valence-corrected chi connectivity index (χ4v) is 0. The summed E-state index contributed by atoms with van der Waals surface area (Å²) in [6.45, 7) is 0. The Balaban J connectivity index is -0.00000000429. The minimum absolute atomic E-state index is 0. The van der Waals surface area contributed by atoms with E-state index in [4.69, 9.17) is 56.2 Å². The summed E-state index contributed by atoms with van der Waals surface area (Å²) in [6.07, 6.45) is 0. The molecule has 0 saturated carbocycles. The van der Waals surface area contributed by atoms with Crippen molar-refractivity contribution in [2.75, 3.05) is 0 Å². The quantitative estimate of drug-likeness (QED) is 0.159. The standard InChI is InChI=1S/6Na.4H2O3Si.6H/c;;;;;;4*1-4(2)3;;;;;;/h;;;;;;4*1-2H;;;;;;/q6*+1;;;;;6*-1. The molecule has 0 aromatic rings. The third-order valence-corrected chi connectivity index (χ3v) is 0. The summed E-state index contributed by atoms with van der Waals surface area (Å²) in [6, 6.07) is 0. The van der Waals surface area contributed by atoms with Crippen LogP contribution in [0, 0.1) is 0 Å². The minimum atomic E-state index is -3.13. The molecule has 0 bridgehead atoms. The zero-order chi connectivity index (χ0) is 14.3. The monoisotopic (exact) mass is 456 g/mol. The maximum absolute atomic E-state index is 8.74. The molecule has 8 N–H and O–H groups in total. The molecule has 22 heteroatoms. The second-order valence-electron chi connectivity index (χ2n) is 1.13. The molecule has 0 aliphatic heterocycles. The van der Waals surface area contributed by atoms with E-state index >= 15 is 0 Å². The first kappa shape index (κ1) is 63.3. The molecule has 12 nitrogen and oxygen atoms in total. The van der Waals surface area contributed by atoms with Gasteiger partial charge in [-0.3, -0.25) is 17.8 Å². The van der Waals surface area contributed by atoms with E-state index in [9.17, 15) is 0 Å². The molecule has 0 rings (SSSR count). The van der Waals surface area contributed by atoms with Crippen LogP contribution in [0.15, 0.2) is 0 Å². The Hall–Kier alpha value is 4.47. The van der Waals surface area contributed by atoms with E-state index in [-0.39, 0.29) is 186 Å². The molecule has 0 fully saturated rings. The Morgan fingerprint density at radius 1 is 0.364 bits per heavy atom. The zero-order valence-corrected chi connectivity index (χ0v) is 29.2. The van der Waals surface area contributed by atoms with Crippen molar-refractivity contribution in [2.24, 2.45) is 0 Å². The molecular weight excluding hydrogens is 442 g/mol. The van der Waals surface area contributed by atoms with E-state index in [1.807, 2.05) is 0 Å². The van der Waals surface area contributed by atoms with Crippen LogP contribution in [0.25, 0.3) is 0 Å². The van der Waals surface area contributed by atoms with Crippen LogP contribution in [0.1, 0.15) is 8.56 Å². The van der Waals surface area contributed by atoms with Crippen molar-refractivity contribution < 1.29 is 242 Å². The third-order valence-electron chi connectivity index (χ3n) is 0. The first-order chi connectivity index (χ1) is 6.93. The van der Waals surface area contributed by atoms with Gasteiger partial charge in [0.2, 0.25) is 0 Å². The van der Waals surface area contributed by atoms with Crippen molar-refractivity contribution in [3.63, 3.8) is 0 Å². The Morgan fingerprint density at radius 2 is 0.364 bits per heavy atom. The summed E-state index contributed by atoms with van der Waals surface area (Å²) in [7, 11) is -12.5. The van der Waals surface area contributed by atoms with E-state index in [1.54, 1.807) is 0 Å². The van der Waals surface area contributed by atoms with Crippen LogP contribution in [0.2, 0.25) is 0 Å². The van der Waals surface area contributed by atoms with Gasteiger partial charge in [-0.25, -0.2) is 0 Å². The van der Waals surface area contributed by atoms with Crippen molar-refractivity contribution in [3.05, 3.63) is 0 Å². The molecule has 0 atom stereocenters. The van der Waals surface area contributed by atoms with E-state index < -0.39 is 36.7 Å². The number of hydrogen-bond donors (Lipinski definition) is 8. The van der Waals surface area contributed by atoms with Gasteiger partial charge in [-0.15, -0.1) is 0 Å². The van der Waals surface area contributed by atoms with Gasteiger partial charge < -0.3 is 46.9 Å². The average molecular weight is 456 g/mol. The summed E-state index contributed by atoms with van der Waals surface area (Å²) in [5.41, 5.74) is 0. The first-order valence-corrected chi connectivity index (χ1v) is 7.82. The summed E-state index contributed by atoms with van der Waals surface area (Å²) < 4.78 is 35.0. The number of rotatable bonds is 0. The summed E-state index contributed by atoms with van der Waals surface area (Å²) in [5, 5.41) is 0. The molecule has 0 aromatic heterocycles. The minimum Gasteiger partial charge on any atom is -1.00 e. The SMILES string of the molecule is O=[Si](O)O.O=[Si](O)O.O=[Si](O)O.O=[Si](O)O.[H-].[H-].[H-].[H-].[H-].[H-].[Na+].[Na+].[Na+].[Na+].[Na+].[Na+]. The molecule has 0 aliphatic carbocycles. The molecule has 22 heavy (non-hydrogen) atoms. The molecular formula is H14Na6O12Si4. The molecule has 0 unspecified atom stereocenters. The molecule has 0 saturated heterocycles. The van der Waals surface area contributed by atoms with Crippen LogP contribution >= 0.6 is 0 Å². The van der Waals surface area contributed by atoms with Gasteiger partial charge in [-0.1, -0.05) is 0 Å². The molecule has 0 radical (unpaired) electrons. The van der Waals surface area contributed by atoms with Crippen LogP contribution in [0.3, 0.4) is 0 Å². The molecule has 0 amide bonds. The van der Waals surface area contributed by atoms with Crippen LogP contribution in [0.4, 0.5) is 0 Å². The van der Waals surface area contributed by atoms with E-state index in [0.29, 0.717) is 0 Å². The van der Waals surface area contributed by atoms with Gasteiger partial charge in [0, 0.05) is 0 Å². The molecule has 0 aliphatic rings. The molecule has 0 aromatic carbocycles. The van der Waals surface area contributed by atoms with Crippen LogP contribution in [-0.4, -0.2) is 75.0 Å². The van der Waals surface area contributed by atoms with Gasteiger partial charge in [0.25, 0.3) is 0 Å². The second-order valence-corrected chi connectivity index (χ2v) is 3.39. The van der Waals surface area contributed by atoms with Gasteiger partial charge in [0.05, 0.1) is 0 Å². The predicted molar refractivity (Wildman–Crippen MR) is 50.2 cm³/mol. The maximum atomic E-state index is 8.74. The summed E-state index contributed by atoms with van der Waals surface area (Å²) >= 11 is 0. The normalized spacial score (nSPS) is 4.36. The van der Waals surface area contributed by atoms with Crippen LogP contribution in [-0.2, 0) is 17.8 Å². The van der Waals surface area contributed by atoms with Crippen molar-refractivity contribution >= 4 is 36.7 Å². The third kappa shape index (κ3) is 675. The van der Waals surface area contributed by atoms with Gasteiger partial charge in [-0.2, -0.15) is 0 Å². The van der Waals surface area contributed by atoms with E-state index in [1.165, 1.54) is 0 Å². The van der Waals surface area contributed by atoms with Gasteiger partial charge in [0.1, 0.15) is 0 Å². The molecule has 0 heterocycles. The van der Waals surface area contributed by atoms with Crippen LogP contribution < -0.4 is 177 Å². The van der Waals surface area contributed by atoms with Crippen molar-refractivity contribution in [1.82, 2.24) is 0 Å². The van der Waals surface area contributed by atoms with Crippen molar-refractivity contribution in [1.29, 1.82) is 0 Å². The zero-order valence-electron chi connectivity index (χ0n) is 19.2. The smallest absolute Gasteiger partial charge is 1.00 e. The second kappa shape index (κ2) is 56.2. The summed E-state index contributed by atoms with van der Waals surface area (Å²) in [4.78, 5) is 57.3. The summed E-state index contributed by atoms with van der Waals surface area (Å²) in [5.74, 6) is 0. The average Bonchev–Trinajstić information content (AvgIpc) is 1.76. The number of hydrogen-bond acceptors (Lipinski definition) is 4. The fraction of sp³-hybridized carbons (Fsp3) is 0. The van der Waals surface area contributed by atoms with Crippen molar-refractivity contribution in [3.8, 4) is 0 Å². The van der Waals surface area contributed by atoms with Gasteiger partial charge in [0.15, 0.2) is 0 Å². The Kier molecular flexibility index (Phi) is 162. The first-order valence-electron chi connectivity index (χ1n) is 2.61.